The SMILES string of the molecule is CCCn1nncc1C(N)C1CC2CCC1O2. The average Bonchev–Trinajstić information content (AvgIpc) is 3.03. The van der Waals surface area contributed by atoms with E-state index in [-0.39, 0.29) is 6.04 Å². The van der Waals surface area contributed by atoms with Crippen LogP contribution in [0.5, 0.6) is 0 Å². The molecule has 2 saturated heterocycles. The summed E-state index contributed by atoms with van der Waals surface area (Å²) in [5.41, 5.74) is 7.44. The third kappa shape index (κ3) is 1.87. The van der Waals surface area contributed by atoms with Crippen LogP contribution in [0.4, 0.5) is 0 Å². The molecule has 0 amide bonds. The normalized spacial score (nSPS) is 33.2. The molecule has 2 fully saturated rings. The molecule has 0 radical (unpaired) electrons. The van der Waals surface area contributed by atoms with Crippen LogP contribution < -0.4 is 5.73 Å². The predicted octanol–water partition coefficient (Wildman–Crippen LogP) is 1.26. The Balaban J connectivity index is 1.77. The monoisotopic (exact) mass is 236 g/mol. The Bertz CT molecular complexity index is 392. The van der Waals surface area contributed by atoms with E-state index in [0.717, 1.165) is 25.1 Å². The minimum atomic E-state index is 0.0202. The second kappa shape index (κ2) is 4.38. The molecule has 2 aliphatic rings. The Labute approximate surface area is 101 Å². The summed E-state index contributed by atoms with van der Waals surface area (Å²) in [5.74, 6) is 0.447. The molecule has 2 aliphatic heterocycles. The summed E-state index contributed by atoms with van der Waals surface area (Å²) in [4.78, 5) is 0. The van der Waals surface area contributed by atoms with E-state index in [4.69, 9.17) is 10.5 Å². The average molecular weight is 236 g/mol. The van der Waals surface area contributed by atoms with E-state index < -0.39 is 0 Å². The van der Waals surface area contributed by atoms with Crippen LogP contribution in [-0.2, 0) is 11.3 Å². The highest BCUT2D eigenvalue weighted by atomic mass is 16.5. The highest BCUT2D eigenvalue weighted by Gasteiger charge is 2.44. The van der Waals surface area contributed by atoms with Crippen molar-refractivity contribution >= 4 is 0 Å². The minimum Gasteiger partial charge on any atom is -0.375 e. The highest BCUT2D eigenvalue weighted by Crippen LogP contribution is 2.43. The number of nitrogens with zero attached hydrogens (tertiary/aromatic N) is 3. The summed E-state index contributed by atoms with van der Waals surface area (Å²) < 4.78 is 7.81. The van der Waals surface area contributed by atoms with Crippen molar-refractivity contribution in [2.75, 3.05) is 0 Å². The molecule has 2 bridgehead atoms. The van der Waals surface area contributed by atoms with Gasteiger partial charge in [-0.3, -0.25) is 0 Å². The van der Waals surface area contributed by atoms with Gasteiger partial charge in [0.25, 0.3) is 0 Å². The van der Waals surface area contributed by atoms with Gasteiger partial charge in [-0.05, 0) is 25.7 Å². The first-order valence-corrected chi connectivity index (χ1v) is 6.59. The zero-order chi connectivity index (χ0) is 11.8. The van der Waals surface area contributed by atoms with Crippen molar-refractivity contribution < 1.29 is 4.74 Å². The topological polar surface area (TPSA) is 66.0 Å². The van der Waals surface area contributed by atoms with E-state index in [0.29, 0.717) is 18.1 Å². The number of hydrogen-bond acceptors (Lipinski definition) is 4. The smallest absolute Gasteiger partial charge is 0.0758 e. The van der Waals surface area contributed by atoms with Gasteiger partial charge >= 0.3 is 0 Å². The lowest BCUT2D eigenvalue weighted by molar-refractivity contribution is 0.0879. The third-order valence-electron chi connectivity index (χ3n) is 4.04. The van der Waals surface area contributed by atoms with Gasteiger partial charge in [0.05, 0.1) is 30.1 Å². The maximum absolute atomic E-state index is 6.38. The van der Waals surface area contributed by atoms with Gasteiger partial charge in [-0.15, -0.1) is 5.10 Å². The van der Waals surface area contributed by atoms with Gasteiger partial charge in [0, 0.05) is 12.5 Å². The Morgan fingerprint density at radius 2 is 2.47 bits per heavy atom. The zero-order valence-electron chi connectivity index (χ0n) is 10.2. The van der Waals surface area contributed by atoms with Crippen LogP contribution in [0.2, 0.25) is 0 Å². The van der Waals surface area contributed by atoms with Crippen LogP contribution in [0.15, 0.2) is 6.20 Å². The fourth-order valence-electron chi connectivity index (χ4n) is 3.18. The van der Waals surface area contributed by atoms with Crippen LogP contribution in [0, 0.1) is 5.92 Å². The van der Waals surface area contributed by atoms with Gasteiger partial charge in [0.15, 0.2) is 0 Å². The van der Waals surface area contributed by atoms with Crippen LogP contribution >= 0.6 is 0 Å². The molecule has 0 saturated carbocycles. The first kappa shape index (κ1) is 11.2. The lowest BCUT2D eigenvalue weighted by atomic mass is 9.83. The van der Waals surface area contributed by atoms with E-state index in [2.05, 4.69) is 17.2 Å². The maximum Gasteiger partial charge on any atom is 0.0758 e. The summed E-state index contributed by atoms with van der Waals surface area (Å²) in [7, 11) is 0. The molecule has 94 valence electrons. The Morgan fingerprint density at radius 3 is 3.12 bits per heavy atom. The molecule has 0 aliphatic carbocycles. The van der Waals surface area contributed by atoms with Crippen molar-refractivity contribution in [1.82, 2.24) is 15.0 Å². The number of aryl methyl sites for hydroxylation is 1. The zero-order valence-corrected chi connectivity index (χ0v) is 10.2. The second-order valence-electron chi connectivity index (χ2n) is 5.18. The standard InChI is InChI=1S/C12H20N4O/c1-2-5-16-10(7-14-15-16)12(13)9-6-8-3-4-11(9)17-8/h7-9,11-12H,2-6,13H2,1H3. The summed E-state index contributed by atoms with van der Waals surface area (Å²) >= 11 is 0. The summed E-state index contributed by atoms with van der Waals surface area (Å²) in [6, 6.07) is 0.0202. The molecule has 4 atom stereocenters. The van der Waals surface area contributed by atoms with E-state index in [1.165, 1.54) is 12.8 Å². The van der Waals surface area contributed by atoms with Gasteiger partial charge in [0.2, 0.25) is 0 Å². The molecule has 1 aromatic heterocycles. The summed E-state index contributed by atoms with van der Waals surface area (Å²) in [6.07, 6.45) is 7.15. The molecule has 1 aromatic rings. The van der Waals surface area contributed by atoms with Crippen LogP contribution in [0.25, 0.3) is 0 Å². The summed E-state index contributed by atoms with van der Waals surface area (Å²) in [6.45, 7) is 3.03. The van der Waals surface area contributed by atoms with Gasteiger partial charge < -0.3 is 10.5 Å². The second-order valence-corrected chi connectivity index (χ2v) is 5.18. The molecule has 4 unspecified atom stereocenters. The molecule has 0 spiro atoms. The van der Waals surface area contributed by atoms with Gasteiger partial charge in [-0.1, -0.05) is 12.1 Å². The number of aromatic nitrogens is 3. The first-order chi connectivity index (χ1) is 8.29. The quantitative estimate of drug-likeness (QED) is 0.854. The fraction of sp³-hybridized carbons (Fsp3) is 0.833. The molecule has 3 heterocycles. The van der Waals surface area contributed by atoms with Crippen molar-refractivity contribution in [2.45, 2.75) is 57.4 Å². The number of hydrogen-bond donors (Lipinski definition) is 1. The molecular weight excluding hydrogens is 216 g/mol. The van der Waals surface area contributed by atoms with Crippen molar-refractivity contribution in [3.05, 3.63) is 11.9 Å². The Morgan fingerprint density at radius 1 is 1.59 bits per heavy atom. The predicted molar refractivity (Wildman–Crippen MR) is 63.2 cm³/mol. The number of nitrogens with two attached hydrogens (primary N) is 1. The van der Waals surface area contributed by atoms with Gasteiger partial charge in [-0.25, -0.2) is 4.68 Å². The number of rotatable bonds is 4. The minimum absolute atomic E-state index is 0.0202. The Kier molecular flexibility index (Phi) is 2.88. The van der Waals surface area contributed by atoms with E-state index in [1.807, 2.05) is 10.9 Å². The van der Waals surface area contributed by atoms with Crippen LogP contribution in [0.3, 0.4) is 0 Å². The first-order valence-electron chi connectivity index (χ1n) is 6.59. The molecule has 17 heavy (non-hydrogen) atoms. The van der Waals surface area contributed by atoms with Crippen molar-refractivity contribution in [3.8, 4) is 0 Å². The van der Waals surface area contributed by atoms with E-state index in [1.54, 1.807) is 0 Å². The maximum atomic E-state index is 6.38. The third-order valence-corrected chi connectivity index (χ3v) is 4.04. The van der Waals surface area contributed by atoms with Crippen molar-refractivity contribution in [2.24, 2.45) is 11.7 Å². The lowest BCUT2D eigenvalue weighted by Crippen LogP contribution is -2.31. The van der Waals surface area contributed by atoms with Gasteiger partial charge in [-0.2, -0.15) is 0 Å². The molecule has 0 aromatic carbocycles. The van der Waals surface area contributed by atoms with Crippen molar-refractivity contribution in [3.63, 3.8) is 0 Å². The number of fused-ring (bicyclic) bond motifs is 2. The summed E-state index contributed by atoms with van der Waals surface area (Å²) in [5, 5.41) is 8.09. The van der Waals surface area contributed by atoms with Crippen molar-refractivity contribution in [1.29, 1.82) is 0 Å². The molecule has 3 rings (SSSR count). The molecule has 5 nitrogen and oxygen atoms in total. The van der Waals surface area contributed by atoms with Gasteiger partial charge in [0.1, 0.15) is 0 Å². The highest BCUT2D eigenvalue weighted by molar-refractivity contribution is 5.07. The van der Waals surface area contributed by atoms with Crippen LogP contribution in [-0.4, -0.2) is 27.2 Å². The number of ether oxygens (including phenoxy) is 1. The van der Waals surface area contributed by atoms with E-state index >= 15 is 0 Å². The largest absolute Gasteiger partial charge is 0.375 e. The van der Waals surface area contributed by atoms with Crippen LogP contribution in [0.1, 0.15) is 44.3 Å². The van der Waals surface area contributed by atoms with E-state index in [9.17, 15) is 0 Å². The Hall–Kier alpha value is -0.940. The molecule has 2 N–H and O–H groups in total. The molecular formula is C12H20N4O. The fourth-order valence-corrected chi connectivity index (χ4v) is 3.18. The molecule has 5 heteroatoms. The lowest BCUT2D eigenvalue weighted by Gasteiger charge is -2.25.